The first-order valence-corrected chi connectivity index (χ1v) is 20.8. The molecule has 0 aromatic heterocycles. The fourth-order valence-corrected chi connectivity index (χ4v) is 12.2. The second-order valence-electron chi connectivity index (χ2n) is 16.5. The van der Waals surface area contributed by atoms with Crippen LogP contribution in [0.2, 0.25) is 0 Å². The standard InChI is InChI=1S/C31H56O12S3/c1-18(2)29(5,6)20(4)10-9-19(3)22-11-12-23-21-15-26(41-44(32,33)34)25-16-27(42-45(35,36)37)28(43-46(38,39)40)17-31(25,8)24(21)13-14-30(22,23)7/h18-28H,9-17H2,1-8H3,(H,32,33,34)(H,35,36,37)(H,38,39,40)/t19-,20-,21+,22-,23+,24+,25-,26+,27+,28+,30-,31-/m1/s1. The molecule has 12 nitrogen and oxygen atoms in total. The third kappa shape index (κ3) is 7.98. The van der Waals surface area contributed by atoms with E-state index in [-0.39, 0.29) is 41.4 Å². The summed E-state index contributed by atoms with van der Waals surface area (Å²) in [5.41, 5.74) is -0.590. The van der Waals surface area contributed by atoms with Gasteiger partial charge in [0.1, 0.15) is 12.2 Å². The minimum atomic E-state index is -5.07. The van der Waals surface area contributed by atoms with E-state index in [9.17, 15) is 38.9 Å². The average molecular weight is 717 g/mol. The summed E-state index contributed by atoms with van der Waals surface area (Å²) in [4.78, 5) is 0. The first kappa shape index (κ1) is 38.4. The maximum atomic E-state index is 12.1. The monoisotopic (exact) mass is 716 g/mol. The van der Waals surface area contributed by atoms with Crippen LogP contribution in [-0.4, -0.2) is 57.2 Å². The van der Waals surface area contributed by atoms with Crippen LogP contribution < -0.4 is 0 Å². The lowest BCUT2D eigenvalue weighted by Gasteiger charge is -2.63. The van der Waals surface area contributed by atoms with E-state index in [1.165, 1.54) is 0 Å². The summed E-state index contributed by atoms with van der Waals surface area (Å²) in [7, 11) is -15.0. The van der Waals surface area contributed by atoms with Gasteiger partial charge in [-0.1, -0.05) is 61.8 Å². The van der Waals surface area contributed by atoms with Crippen LogP contribution in [0.5, 0.6) is 0 Å². The van der Waals surface area contributed by atoms with Gasteiger partial charge in [-0.15, -0.1) is 0 Å². The molecule has 0 radical (unpaired) electrons. The second-order valence-corrected chi connectivity index (χ2v) is 19.7. The molecule has 4 aliphatic carbocycles. The molecule has 0 aromatic rings. The predicted molar refractivity (Wildman–Crippen MR) is 171 cm³/mol. The molecule has 4 fully saturated rings. The molecule has 3 N–H and O–H groups in total. The topological polar surface area (TPSA) is 191 Å². The molecule has 0 bridgehead atoms. The molecular weight excluding hydrogens is 661 g/mol. The van der Waals surface area contributed by atoms with Crippen molar-refractivity contribution in [2.45, 2.75) is 131 Å². The Hall–Kier alpha value is -0.390. The first-order chi connectivity index (χ1) is 20.8. The molecule has 0 saturated heterocycles. The number of fused-ring (bicyclic) bond motifs is 5. The second kappa shape index (κ2) is 13.1. The van der Waals surface area contributed by atoms with Crippen molar-refractivity contribution < 1.29 is 51.5 Å². The third-order valence-corrected chi connectivity index (χ3v) is 15.4. The van der Waals surface area contributed by atoms with Crippen LogP contribution in [0.25, 0.3) is 0 Å². The van der Waals surface area contributed by atoms with Crippen molar-refractivity contribution in [1.29, 1.82) is 0 Å². The van der Waals surface area contributed by atoms with Crippen LogP contribution >= 0.6 is 0 Å². The number of hydrogen-bond donors (Lipinski definition) is 3. The molecule has 0 unspecified atom stereocenters. The maximum Gasteiger partial charge on any atom is 0.397 e. The van der Waals surface area contributed by atoms with Crippen LogP contribution in [0.3, 0.4) is 0 Å². The van der Waals surface area contributed by atoms with Gasteiger partial charge in [-0.25, -0.2) is 12.5 Å². The molecule has 46 heavy (non-hydrogen) atoms. The molecule has 0 heterocycles. The van der Waals surface area contributed by atoms with Crippen LogP contribution in [0.4, 0.5) is 0 Å². The zero-order valence-electron chi connectivity index (χ0n) is 28.5. The van der Waals surface area contributed by atoms with E-state index >= 15 is 0 Å². The van der Waals surface area contributed by atoms with Gasteiger partial charge < -0.3 is 0 Å². The van der Waals surface area contributed by atoms with Crippen molar-refractivity contribution in [3.05, 3.63) is 0 Å². The Bertz CT molecular complexity index is 1430. The third-order valence-electron chi connectivity index (χ3n) is 13.9. The van der Waals surface area contributed by atoms with Gasteiger partial charge >= 0.3 is 31.2 Å². The zero-order chi connectivity index (χ0) is 34.8. The van der Waals surface area contributed by atoms with Gasteiger partial charge in [0.25, 0.3) is 0 Å². The van der Waals surface area contributed by atoms with Crippen LogP contribution in [0, 0.1) is 63.6 Å². The largest absolute Gasteiger partial charge is 0.397 e. The Kier molecular flexibility index (Phi) is 10.9. The van der Waals surface area contributed by atoms with E-state index < -0.39 is 60.8 Å². The molecule has 0 aromatic carbocycles. The Morgan fingerprint density at radius 1 is 0.696 bits per heavy atom. The van der Waals surface area contributed by atoms with Crippen LogP contribution in [0.1, 0.15) is 113 Å². The maximum absolute atomic E-state index is 12.1. The highest BCUT2D eigenvalue weighted by atomic mass is 32.3. The van der Waals surface area contributed by atoms with Gasteiger partial charge in [-0.05, 0) is 115 Å². The molecule has 4 rings (SSSR count). The lowest BCUT2D eigenvalue weighted by Crippen LogP contribution is -2.62. The zero-order valence-corrected chi connectivity index (χ0v) is 30.9. The fourth-order valence-electron chi connectivity index (χ4n) is 10.7. The highest BCUT2D eigenvalue weighted by Gasteiger charge is 2.65. The van der Waals surface area contributed by atoms with Gasteiger partial charge in [-0.2, -0.15) is 25.3 Å². The minimum absolute atomic E-state index is 0.00115. The van der Waals surface area contributed by atoms with E-state index in [2.05, 4.69) is 48.5 Å². The molecule has 0 aliphatic heterocycles. The molecule has 12 atom stereocenters. The van der Waals surface area contributed by atoms with Gasteiger partial charge in [0.15, 0.2) is 0 Å². The van der Waals surface area contributed by atoms with Crippen molar-refractivity contribution in [2.75, 3.05) is 0 Å². The summed E-state index contributed by atoms with van der Waals surface area (Å²) < 4.78 is 115. The van der Waals surface area contributed by atoms with Crippen molar-refractivity contribution in [1.82, 2.24) is 0 Å². The summed E-state index contributed by atoms with van der Waals surface area (Å²) in [5, 5.41) is 0. The van der Waals surface area contributed by atoms with Crippen LogP contribution in [0.15, 0.2) is 0 Å². The van der Waals surface area contributed by atoms with E-state index in [1.807, 2.05) is 6.92 Å². The first-order valence-electron chi connectivity index (χ1n) is 16.8. The Morgan fingerprint density at radius 2 is 1.22 bits per heavy atom. The van der Waals surface area contributed by atoms with Gasteiger partial charge in [0, 0.05) is 0 Å². The summed E-state index contributed by atoms with van der Waals surface area (Å²) in [6, 6.07) is 0. The van der Waals surface area contributed by atoms with Crippen molar-refractivity contribution in [3.63, 3.8) is 0 Å². The fraction of sp³-hybridized carbons (Fsp3) is 1.00. The normalized spacial score (nSPS) is 40.2. The van der Waals surface area contributed by atoms with Crippen molar-refractivity contribution in [2.24, 2.45) is 63.6 Å². The van der Waals surface area contributed by atoms with Gasteiger partial charge in [-0.3, -0.25) is 13.7 Å². The van der Waals surface area contributed by atoms with Crippen molar-refractivity contribution >= 4 is 31.2 Å². The number of hydrogen-bond acceptors (Lipinski definition) is 9. The molecule has 4 saturated carbocycles. The summed E-state index contributed by atoms with van der Waals surface area (Å²) in [5.74, 6) is 1.65. The predicted octanol–water partition coefficient (Wildman–Crippen LogP) is 6.16. The summed E-state index contributed by atoms with van der Waals surface area (Å²) in [6.45, 7) is 18.2. The Morgan fingerprint density at radius 3 is 1.76 bits per heavy atom. The van der Waals surface area contributed by atoms with Crippen LogP contribution in [-0.2, 0) is 43.7 Å². The molecule has 15 heteroatoms. The molecule has 0 spiro atoms. The lowest BCUT2D eigenvalue weighted by molar-refractivity contribution is -0.184. The molecular formula is C31H56O12S3. The SMILES string of the molecule is CC(C)C(C)(C)[C@H](C)CC[C@@H](C)[C@H]1CC[C@H]2[C@@H]3C[C@H](OS(=O)(=O)O)[C@H]4C[C@H](OS(=O)(=O)O)[C@@H](OS(=O)(=O)O)C[C@]4(C)[C@H]3CC[C@]12C. The Balaban J connectivity index is 1.64. The van der Waals surface area contributed by atoms with E-state index in [0.717, 1.165) is 38.5 Å². The summed E-state index contributed by atoms with van der Waals surface area (Å²) in [6.07, 6.45) is 1.90. The quantitative estimate of drug-likeness (QED) is 0.195. The molecule has 270 valence electrons. The highest BCUT2D eigenvalue weighted by Crippen LogP contribution is 2.69. The Labute approximate surface area is 277 Å². The highest BCUT2D eigenvalue weighted by molar-refractivity contribution is 7.81. The minimum Gasteiger partial charge on any atom is -0.264 e. The summed E-state index contributed by atoms with van der Waals surface area (Å²) >= 11 is 0. The number of rotatable bonds is 12. The molecule has 0 amide bonds. The van der Waals surface area contributed by atoms with E-state index in [0.29, 0.717) is 30.1 Å². The van der Waals surface area contributed by atoms with Gasteiger partial charge in [0.05, 0.1) is 6.10 Å². The van der Waals surface area contributed by atoms with Gasteiger partial charge in [0.2, 0.25) is 0 Å². The average Bonchev–Trinajstić information content (AvgIpc) is 3.22. The lowest BCUT2D eigenvalue weighted by atomic mass is 9.43. The van der Waals surface area contributed by atoms with Crippen molar-refractivity contribution in [3.8, 4) is 0 Å². The van der Waals surface area contributed by atoms with E-state index in [4.69, 9.17) is 12.5 Å². The van der Waals surface area contributed by atoms with E-state index in [1.54, 1.807) is 0 Å². The molecule has 4 aliphatic rings. The smallest absolute Gasteiger partial charge is 0.264 e.